The molecule has 0 bridgehead atoms. The first-order chi connectivity index (χ1) is 4.76. The average molecular weight is 143 g/mol. The highest BCUT2D eigenvalue weighted by atomic mass is 16.5. The second-order valence-electron chi connectivity index (χ2n) is 2.20. The Kier molecular flexibility index (Phi) is 4.81. The number of rotatable bonds is 4. The molecule has 0 aliphatic rings. The smallest absolute Gasteiger partial charge is 0.185 e. The van der Waals surface area contributed by atoms with E-state index in [0.717, 1.165) is 18.8 Å². The highest BCUT2D eigenvalue weighted by Crippen LogP contribution is 2.04. The summed E-state index contributed by atoms with van der Waals surface area (Å²) in [5, 5.41) is 3.14. The van der Waals surface area contributed by atoms with Gasteiger partial charge in [0.25, 0.3) is 0 Å². The van der Waals surface area contributed by atoms with Crippen LogP contribution in [0.2, 0.25) is 0 Å². The van der Waals surface area contributed by atoms with Gasteiger partial charge in [-0.05, 0) is 25.8 Å². The van der Waals surface area contributed by atoms with Crippen molar-refractivity contribution in [1.29, 1.82) is 0 Å². The topological polar surface area (TPSA) is 21.3 Å². The maximum atomic E-state index is 5.11. The van der Waals surface area contributed by atoms with Crippen molar-refractivity contribution in [3.05, 3.63) is 11.5 Å². The number of hydrogen-bond acceptors (Lipinski definition) is 2. The van der Waals surface area contributed by atoms with Gasteiger partial charge in [0.2, 0.25) is 0 Å². The Labute approximate surface area is 63.3 Å². The third-order valence-corrected chi connectivity index (χ3v) is 1.46. The minimum atomic E-state index is 0.917. The lowest BCUT2D eigenvalue weighted by atomic mass is 10.2. The first kappa shape index (κ1) is 9.34. The maximum absolute atomic E-state index is 5.11. The first-order valence-electron chi connectivity index (χ1n) is 3.73. The number of hydrogen-bond donors (Lipinski definition) is 1. The quantitative estimate of drug-likeness (QED) is 0.607. The van der Waals surface area contributed by atoms with Crippen molar-refractivity contribution < 1.29 is 4.74 Å². The molecule has 0 rings (SSSR count). The molecule has 0 aliphatic heterocycles. The van der Waals surface area contributed by atoms with E-state index in [1.54, 1.807) is 7.11 Å². The summed E-state index contributed by atoms with van der Waals surface area (Å²) in [7, 11) is 1.69. The molecule has 0 spiro atoms. The molecule has 0 fully saturated rings. The van der Waals surface area contributed by atoms with Crippen molar-refractivity contribution in [1.82, 2.24) is 5.32 Å². The molecule has 0 saturated carbocycles. The Bertz CT molecular complexity index is 118. The normalized spacial score (nSPS) is 12.4. The molecule has 2 heteroatoms. The van der Waals surface area contributed by atoms with E-state index < -0.39 is 0 Å². The van der Waals surface area contributed by atoms with Gasteiger partial charge in [-0.3, -0.25) is 0 Å². The lowest BCUT2D eigenvalue weighted by Crippen LogP contribution is -2.15. The second-order valence-corrected chi connectivity index (χ2v) is 2.20. The van der Waals surface area contributed by atoms with Crippen LogP contribution in [0.1, 0.15) is 27.2 Å². The van der Waals surface area contributed by atoms with Gasteiger partial charge in [-0.25, -0.2) is 0 Å². The van der Waals surface area contributed by atoms with Crippen molar-refractivity contribution in [2.75, 3.05) is 13.7 Å². The summed E-state index contributed by atoms with van der Waals surface area (Å²) in [6, 6.07) is 0. The van der Waals surface area contributed by atoms with Crippen LogP contribution in [0.5, 0.6) is 0 Å². The number of ether oxygens (including phenoxy) is 1. The minimum absolute atomic E-state index is 0.917. The Morgan fingerprint density at radius 3 is 2.30 bits per heavy atom. The Morgan fingerprint density at radius 2 is 2.00 bits per heavy atom. The summed E-state index contributed by atoms with van der Waals surface area (Å²) in [6.07, 6.45) is 1.04. The molecule has 10 heavy (non-hydrogen) atoms. The van der Waals surface area contributed by atoms with Crippen LogP contribution in [0, 0.1) is 0 Å². The molecule has 2 nitrogen and oxygen atoms in total. The van der Waals surface area contributed by atoms with E-state index in [2.05, 4.69) is 26.1 Å². The third-order valence-electron chi connectivity index (χ3n) is 1.46. The van der Waals surface area contributed by atoms with Crippen LogP contribution >= 0.6 is 0 Å². The molecular weight excluding hydrogens is 126 g/mol. The zero-order valence-electron chi connectivity index (χ0n) is 7.32. The molecule has 1 N–H and O–H groups in total. The van der Waals surface area contributed by atoms with E-state index in [0.29, 0.717) is 0 Å². The van der Waals surface area contributed by atoms with Gasteiger partial charge >= 0.3 is 0 Å². The SMILES string of the molecule is CCNC(OC)=C(C)CC. The standard InChI is InChI=1S/C8H17NO/c1-5-7(3)8(10-4)9-6-2/h9H,5-6H2,1-4H3. The average Bonchev–Trinajstić information content (AvgIpc) is 1.99. The number of allylic oxidation sites excluding steroid dienone is 1. The Hall–Kier alpha value is -0.660. The van der Waals surface area contributed by atoms with E-state index in [1.807, 2.05) is 0 Å². The number of methoxy groups -OCH3 is 1. The zero-order valence-corrected chi connectivity index (χ0v) is 7.32. The maximum Gasteiger partial charge on any atom is 0.185 e. The van der Waals surface area contributed by atoms with Crippen LogP contribution in [0.15, 0.2) is 11.5 Å². The molecule has 0 aliphatic carbocycles. The largest absolute Gasteiger partial charge is 0.483 e. The van der Waals surface area contributed by atoms with Crippen molar-refractivity contribution in [2.45, 2.75) is 27.2 Å². The molecule has 0 aromatic heterocycles. The zero-order chi connectivity index (χ0) is 7.98. The van der Waals surface area contributed by atoms with E-state index in [4.69, 9.17) is 4.74 Å². The van der Waals surface area contributed by atoms with Crippen LogP contribution < -0.4 is 5.32 Å². The van der Waals surface area contributed by atoms with Gasteiger partial charge < -0.3 is 10.1 Å². The van der Waals surface area contributed by atoms with E-state index in [9.17, 15) is 0 Å². The van der Waals surface area contributed by atoms with Gasteiger partial charge in [0, 0.05) is 6.54 Å². The fourth-order valence-electron chi connectivity index (χ4n) is 0.718. The van der Waals surface area contributed by atoms with Crippen LogP contribution in [0.4, 0.5) is 0 Å². The molecule has 0 aromatic carbocycles. The van der Waals surface area contributed by atoms with Gasteiger partial charge in [-0.1, -0.05) is 6.92 Å². The van der Waals surface area contributed by atoms with E-state index in [1.165, 1.54) is 5.57 Å². The Morgan fingerprint density at radius 1 is 1.40 bits per heavy atom. The lowest BCUT2D eigenvalue weighted by molar-refractivity contribution is 0.257. The Balaban J connectivity index is 4.00. The highest BCUT2D eigenvalue weighted by molar-refractivity contribution is 5.02. The lowest BCUT2D eigenvalue weighted by Gasteiger charge is -2.09. The van der Waals surface area contributed by atoms with Gasteiger partial charge in [-0.2, -0.15) is 0 Å². The molecule has 0 saturated heterocycles. The molecule has 0 heterocycles. The molecule has 60 valence electrons. The fraction of sp³-hybridized carbons (Fsp3) is 0.750. The van der Waals surface area contributed by atoms with E-state index >= 15 is 0 Å². The van der Waals surface area contributed by atoms with Gasteiger partial charge in [0.15, 0.2) is 5.88 Å². The van der Waals surface area contributed by atoms with Crippen molar-refractivity contribution >= 4 is 0 Å². The predicted octanol–water partition coefficient (Wildman–Crippen LogP) is 1.88. The molecule has 0 unspecified atom stereocenters. The predicted molar refractivity (Wildman–Crippen MR) is 43.7 cm³/mol. The summed E-state index contributed by atoms with van der Waals surface area (Å²) in [5.41, 5.74) is 1.27. The summed E-state index contributed by atoms with van der Waals surface area (Å²) in [6.45, 7) is 7.16. The highest BCUT2D eigenvalue weighted by Gasteiger charge is 1.96. The van der Waals surface area contributed by atoms with Crippen LogP contribution in [-0.4, -0.2) is 13.7 Å². The molecule has 0 radical (unpaired) electrons. The van der Waals surface area contributed by atoms with Crippen LogP contribution in [0.25, 0.3) is 0 Å². The summed E-state index contributed by atoms with van der Waals surface area (Å²) < 4.78 is 5.11. The van der Waals surface area contributed by atoms with Gasteiger partial charge in [0.05, 0.1) is 7.11 Å². The summed E-state index contributed by atoms with van der Waals surface area (Å²) in [4.78, 5) is 0. The van der Waals surface area contributed by atoms with Crippen LogP contribution in [0.3, 0.4) is 0 Å². The summed E-state index contributed by atoms with van der Waals surface area (Å²) >= 11 is 0. The fourth-order valence-corrected chi connectivity index (χ4v) is 0.718. The van der Waals surface area contributed by atoms with E-state index in [-0.39, 0.29) is 0 Å². The molecule has 0 amide bonds. The second kappa shape index (κ2) is 5.15. The van der Waals surface area contributed by atoms with Crippen molar-refractivity contribution in [3.63, 3.8) is 0 Å². The molecule has 0 atom stereocenters. The number of nitrogens with one attached hydrogen (secondary N) is 1. The van der Waals surface area contributed by atoms with Crippen molar-refractivity contribution in [3.8, 4) is 0 Å². The van der Waals surface area contributed by atoms with Crippen LogP contribution in [-0.2, 0) is 4.74 Å². The van der Waals surface area contributed by atoms with Crippen molar-refractivity contribution in [2.24, 2.45) is 0 Å². The third kappa shape index (κ3) is 2.76. The molecular formula is C8H17NO. The van der Waals surface area contributed by atoms with Gasteiger partial charge in [0.1, 0.15) is 0 Å². The van der Waals surface area contributed by atoms with Gasteiger partial charge in [-0.15, -0.1) is 0 Å². The monoisotopic (exact) mass is 143 g/mol. The summed E-state index contributed by atoms with van der Waals surface area (Å²) in [5.74, 6) is 0.921. The minimum Gasteiger partial charge on any atom is -0.483 e. The first-order valence-corrected chi connectivity index (χ1v) is 3.73. The molecule has 0 aromatic rings.